The van der Waals surface area contributed by atoms with Crippen LogP contribution in [0.1, 0.15) is 21.5 Å². The van der Waals surface area contributed by atoms with E-state index in [0.717, 1.165) is 22.0 Å². The molecule has 0 spiro atoms. The molecule has 5 nitrogen and oxygen atoms in total. The number of nitrogens with zero attached hydrogens (tertiary/aromatic N) is 2. The van der Waals surface area contributed by atoms with E-state index in [-0.39, 0.29) is 11.0 Å². The maximum Gasteiger partial charge on any atom is 0.263 e. The van der Waals surface area contributed by atoms with Crippen molar-refractivity contribution in [1.82, 2.24) is 9.99 Å². The highest BCUT2D eigenvalue weighted by molar-refractivity contribution is 9.10. The van der Waals surface area contributed by atoms with Gasteiger partial charge in [0, 0.05) is 16.5 Å². The van der Waals surface area contributed by atoms with Crippen molar-refractivity contribution in [2.24, 2.45) is 10.8 Å². The van der Waals surface area contributed by atoms with E-state index in [4.69, 9.17) is 18.0 Å². The Morgan fingerprint density at radius 1 is 1.24 bits per heavy atom. The van der Waals surface area contributed by atoms with Gasteiger partial charge in [0.05, 0.1) is 11.7 Å². The van der Waals surface area contributed by atoms with Gasteiger partial charge in [0.15, 0.2) is 5.11 Å². The van der Waals surface area contributed by atoms with E-state index in [0.29, 0.717) is 10.2 Å². The first-order valence-electron chi connectivity index (χ1n) is 7.48. The number of hydrazone groups is 1. The number of hydrogen-bond acceptors (Lipinski definition) is 3. The molecule has 3 N–H and O–H groups in total. The Bertz CT molecular complexity index is 992. The molecule has 1 heterocycles. The van der Waals surface area contributed by atoms with Gasteiger partial charge in [0.25, 0.3) is 5.91 Å². The third kappa shape index (κ3) is 3.47. The maximum absolute atomic E-state index is 13.0. The van der Waals surface area contributed by atoms with Crippen LogP contribution in [-0.2, 0) is 0 Å². The predicted octanol–water partition coefficient (Wildman–Crippen LogP) is 3.57. The van der Waals surface area contributed by atoms with E-state index >= 15 is 0 Å². The van der Waals surface area contributed by atoms with E-state index in [9.17, 15) is 4.79 Å². The highest BCUT2D eigenvalue weighted by Gasteiger charge is 2.19. The lowest BCUT2D eigenvalue weighted by Gasteiger charge is -2.06. The first-order valence-corrected chi connectivity index (χ1v) is 8.68. The summed E-state index contributed by atoms with van der Waals surface area (Å²) in [4.78, 5) is 13.0. The molecular weight excluding hydrogens is 400 g/mol. The topological polar surface area (TPSA) is 72.4 Å². The van der Waals surface area contributed by atoms with E-state index in [1.165, 1.54) is 0 Å². The van der Waals surface area contributed by atoms with Crippen molar-refractivity contribution in [2.75, 3.05) is 0 Å². The molecule has 0 unspecified atom stereocenters. The number of aromatic nitrogens is 1. The van der Waals surface area contributed by atoms with Gasteiger partial charge in [0.2, 0.25) is 0 Å². The van der Waals surface area contributed by atoms with Crippen molar-refractivity contribution in [3.05, 3.63) is 69.8 Å². The van der Waals surface area contributed by atoms with Gasteiger partial charge in [-0.1, -0.05) is 35.9 Å². The molecule has 2 aromatic carbocycles. The van der Waals surface area contributed by atoms with Gasteiger partial charge in [-0.05, 0) is 53.3 Å². The average molecular weight is 415 g/mol. The largest absolute Gasteiger partial charge is 0.375 e. The second-order valence-corrected chi connectivity index (χ2v) is 6.65. The van der Waals surface area contributed by atoms with Crippen LogP contribution in [0, 0.1) is 6.92 Å². The highest BCUT2D eigenvalue weighted by atomic mass is 79.9. The first-order chi connectivity index (χ1) is 12.0. The van der Waals surface area contributed by atoms with Gasteiger partial charge in [-0.2, -0.15) is 5.10 Å². The third-order valence-electron chi connectivity index (χ3n) is 3.72. The van der Waals surface area contributed by atoms with Crippen LogP contribution in [-0.4, -0.2) is 21.8 Å². The number of nitrogens with two attached hydrogens (primary N) is 1. The molecule has 3 rings (SSSR count). The third-order valence-corrected chi connectivity index (χ3v) is 4.60. The number of nitrogens with one attached hydrogen (secondary N) is 1. The van der Waals surface area contributed by atoms with Crippen LogP contribution in [0.3, 0.4) is 0 Å². The Morgan fingerprint density at radius 2 is 1.92 bits per heavy atom. The Balaban J connectivity index is 2.13. The van der Waals surface area contributed by atoms with E-state index in [2.05, 4.69) is 26.5 Å². The molecule has 0 saturated heterocycles. The molecule has 0 aliphatic carbocycles. The van der Waals surface area contributed by atoms with Crippen molar-refractivity contribution in [1.29, 1.82) is 0 Å². The second-order valence-electron chi connectivity index (χ2n) is 5.46. The summed E-state index contributed by atoms with van der Waals surface area (Å²) in [5.41, 5.74) is 11.2. The van der Waals surface area contributed by atoms with Crippen molar-refractivity contribution in [3.63, 3.8) is 0 Å². The van der Waals surface area contributed by atoms with Crippen molar-refractivity contribution < 1.29 is 4.79 Å². The summed E-state index contributed by atoms with van der Waals surface area (Å²) in [6.45, 7) is 1.98. The number of hydrogen-bond donors (Lipinski definition) is 2. The molecule has 0 aliphatic rings. The lowest BCUT2D eigenvalue weighted by atomic mass is 10.1. The molecular formula is C18H15BrN4OS. The van der Waals surface area contributed by atoms with Crippen LogP contribution < -0.4 is 11.2 Å². The molecule has 0 fully saturated rings. The number of carbonyl (C=O) groups is 1. The molecule has 0 amide bonds. The number of para-hydroxylation sites is 1. The summed E-state index contributed by atoms with van der Waals surface area (Å²) in [6, 6.07) is 15.1. The summed E-state index contributed by atoms with van der Waals surface area (Å²) >= 11 is 8.28. The molecule has 0 bridgehead atoms. The fraction of sp³-hybridized carbons (Fsp3) is 0.0556. The van der Waals surface area contributed by atoms with Crippen LogP contribution in [0.15, 0.2) is 58.2 Å². The van der Waals surface area contributed by atoms with Gasteiger partial charge in [-0.25, -0.2) is 0 Å². The standard InChI is InChI=1S/C18H15BrN4OS/c1-11-6-8-12(9-7-11)17(24)23-15-5-3-2-4-13(15)14(16(23)19)10-21-22-18(20)25/h2-10H,1H3,(H3,20,22,25). The van der Waals surface area contributed by atoms with Crippen LogP contribution in [0.5, 0.6) is 0 Å². The number of aryl methyl sites for hydroxylation is 1. The number of halogens is 1. The maximum atomic E-state index is 13.0. The molecule has 25 heavy (non-hydrogen) atoms. The smallest absolute Gasteiger partial charge is 0.263 e. The normalized spacial score (nSPS) is 11.1. The number of benzene rings is 2. The molecule has 3 aromatic rings. The number of carbonyl (C=O) groups excluding carboxylic acids is 1. The lowest BCUT2D eigenvalue weighted by molar-refractivity contribution is 0.0962. The molecule has 1 aromatic heterocycles. The molecule has 7 heteroatoms. The van der Waals surface area contributed by atoms with Gasteiger partial charge < -0.3 is 5.73 Å². The Labute approximate surface area is 158 Å². The highest BCUT2D eigenvalue weighted by Crippen LogP contribution is 2.30. The van der Waals surface area contributed by atoms with Crippen LogP contribution >= 0.6 is 28.1 Å². The van der Waals surface area contributed by atoms with E-state index in [1.807, 2.05) is 55.5 Å². The summed E-state index contributed by atoms with van der Waals surface area (Å²) in [7, 11) is 0. The minimum Gasteiger partial charge on any atom is -0.375 e. The monoisotopic (exact) mass is 414 g/mol. The SMILES string of the molecule is Cc1ccc(C(=O)n2c(Br)c(C=NNC(N)=S)c3ccccc32)cc1. The summed E-state index contributed by atoms with van der Waals surface area (Å²) < 4.78 is 2.25. The molecule has 0 atom stereocenters. The van der Waals surface area contributed by atoms with Crippen molar-refractivity contribution >= 4 is 56.3 Å². The quantitative estimate of drug-likeness (QED) is 0.390. The molecule has 126 valence electrons. The van der Waals surface area contributed by atoms with Crippen molar-refractivity contribution in [2.45, 2.75) is 6.92 Å². The minimum atomic E-state index is -0.120. The molecule has 0 saturated carbocycles. The Hall–Kier alpha value is -2.51. The second kappa shape index (κ2) is 7.16. The van der Waals surface area contributed by atoms with Gasteiger partial charge >= 0.3 is 0 Å². The fourth-order valence-electron chi connectivity index (χ4n) is 2.54. The van der Waals surface area contributed by atoms with Gasteiger partial charge in [-0.15, -0.1) is 0 Å². The number of thiocarbonyl (C=S) groups is 1. The van der Waals surface area contributed by atoms with E-state index < -0.39 is 0 Å². The fourth-order valence-corrected chi connectivity index (χ4v) is 3.26. The zero-order valence-corrected chi connectivity index (χ0v) is 15.8. The van der Waals surface area contributed by atoms with Crippen LogP contribution in [0.4, 0.5) is 0 Å². The zero-order valence-electron chi connectivity index (χ0n) is 13.4. The summed E-state index contributed by atoms with van der Waals surface area (Å²) in [5.74, 6) is -0.120. The minimum absolute atomic E-state index is 0.0758. The zero-order chi connectivity index (χ0) is 18.0. The van der Waals surface area contributed by atoms with Gasteiger partial charge in [0.1, 0.15) is 4.60 Å². The molecule has 0 radical (unpaired) electrons. The summed E-state index contributed by atoms with van der Waals surface area (Å²) in [6.07, 6.45) is 1.59. The average Bonchev–Trinajstić information content (AvgIpc) is 2.87. The molecule has 0 aliphatic heterocycles. The van der Waals surface area contributed by atoms with Crippen molar-refractivity contribution in [3.8, 4) is 0 Å². The first kappa shape index (κ1) is 17.3. The van der Waals surface area contributed by atoms with E-state index in [1.54, 1.807) is 10.8 Å². The Morgan fingerprint density at radius 3 is 2.60 bits per heavy atom. The number of rotatable bonds is 3. The van der Waals surface area contributed by atoms with Gasteiger partial charge in [-0.3, -0.25) is 14.8 Å². The lowest BCUT2D eigenvalue weighted by Crippen LogP contribution is -2.24. The number of fused-ring (bicyclic) bond motifs is 1. The van der Waals surface area contributed by atoms with Crippen LogP contribution in [0.25, 0.3) is 10.9 Å². The summed E-state index contributed by atoms with van der Waals surface area (Å²) in [5, 5.41) is 4.98. The van der Waals surface area contributed by atoms with Crippen LogP contribution in [0.2, 0.25) is 0 Å². The Kier molecular flexibility index (Phi) is 4.96. The predicted molar refractivity (Wildman–Crippen MR) is 108 cm³/mol.